The summed E-state index contributed by atoms with van der Waals surface area (Å²) in [6, 6.07) is -0.895. The second-order valence-electron chi connectivity index (χ2n) is 4.91. The number of amides is 1. The van der Waals surface area contributed by atoms with Gasteiger partial charge >= 0.3 is 5.97 Å². The molecule has 0 saturated heterocycles. The number of carboxylic acid groups (broad SMARTS) is 1. The molecule has 0 spiro atoms. The monoisotopic (exact) mass is 265 g/mol. The van der Waals surface area contributed by atoms with Crippen LogP contribution in [-0.2, 0) is 4.79 Å². The van der Waals surface area contributed by atoms with Crippen LogP contribution in [0.4, 0.5) is 0 Å². The van der Waals surface area contributed by atoms with Gasteiger partial charge in [0.05, 0.1) is 11.3 Å². The van der Waals surface area contributed by atoms with Gasteiger partial charge in [0.25, 0.3) is 5.91 Å². The Morgan fingerprint density at radius 1 is 1.37 bits per heavy atom. The molecular weight excluding hydrogens is 246 g/mol. The molecule has 6 heteroatoms. The third-order valence-electron chi connectivity index (χ3n) is 2.65. The van der Waals surface area contributed by atoms with Crippen molar-refractivity contribution >= 4 is 11.9 Å². The molecule has 1 aromatic rings. The predicted octanol–water partition coefficient (Wildman–Crippen LogP) is 1.32. The van der Waals surface area contributed by atoms with Crippen LogP contribution < -0.4 is 5.32 Å². The van der Waals surface area contributed by atoms with Crippen LogP contribution in [0.5, 0.6) is 0 Å². The van der Waals surface area contributed by atoms with E-state index in [4.69, 9.17) is 5.11 Å². The fraction of sp³-hybridized carbons (Fsp3) is 0.538. The number of hydrogen-bond acceptors (Lipinski definition) is 4. The van der Waals surface area contributed by atoms with Gasteiger partial charge in [-0.05, 0) is 26.2 Å². The van der Waals surface area contributed by atoms with Crippen LogP contribution in [0.1, 0.15) is 42.1 Å². The Kier molecular flexibility index (Phi) is 4.97. The van der Waals surface area contributed by atoms with Crippen molar-refractivity contribution < 1.29 is 14.7 Å². The first-order valence-corrected chi connectivity index (χ1v) is 6.15. The first kappa shape index (κ1) is 15.1. The minimum atomic E-state index is -1.03. The van der Waals surface area contributed by atoms with Crippen molar-refractivity contribution in [3.63, 3.8) is 0 Å². The lowest BCUT2D eigenvalue weighted by Crippen LogP contribution is -2.42. The lowest BCUT2D eigenvalue weighted by Gasteiger charge is -2.16. The van der Waals surface area contributed by atoms with Gasteiger partial charge in [0.2, 0.25) is 0 Å². The molecule has 0 saturated carbocycles. The molecule has 1 heterocycles. The Bertz CT molecular complexity index is 486. The molecule has 0 aliphatic heterocycles. The summed E-state index contributed by atoms with van der Waals surface area (Å²) in [7, 11) is 0. The molecule has 2 N–H and O–H groups in total. The second kappa shape index (κ2) is 6.26. The van der Waals surface area contributed by atoms with Gasteiger partial charge in [-0.15, -0.1) is 0 Å². The molecule has 19 heavy (non-hydrogen) atoms. The molecule has 6 nitrogen and oxygen atoms in total. The van der Waals surface area contributed by atoms with Gasteiger partial charge in [-0.2, -0.15) is 0 Å². The van der Waals surface area contributed by atoms with Gasteiger partial charge in [-0.3, -0.25) is 4.79 Å². The molecular formula is C13H19N3O3. The minimum Gasteiger partial charge on any atom is -0.480 e. The Hall–Kier alpha value is -1.98. The number of nitrogens with zero attached hydrogens (tertiary/aromatic N) is 2. The van der Waals surface area contributed by atoms with E-state index >= 15 is 0 Å². The first-order chi connectivity index (χ1) is 8.81. The maximum absolute atomic E-state index is 12.0. The molecule has 0 fully saturated rings. The number of aliphatic carboxylic acids is 1. The average Bonchev–Trinajstić information content (AvgIpc) is 2.26. The molecule has 1 rings (SSSR count). The summed E-state index contributed by atoms with van der Waals surface area (Å²) in [4.78, 5) is 31.2. The fourth-order valence-corrected chi connectivity index (χ4v) is 1.73. The van der Waals surface area contributed by atoms with E-state index < -0.39 is 17.9 Å². The highest BCUT2D eigenvalue weighted by Crippen LogP contribution is 2.08. The van der Waals surface area contributed by atoms with Crippen LogP contribution in [-0.4, -0.2) is 33.0 Å². The number of hydrogen-bond donors (Lipinski definition) is 2. The number of aryl methyl sites for hydroxylation is 2. The molecule has 1 amide bonds. The van der Waals surface area contributed by atoms with E-state index in [0.717, 1.165) is 0 Å². The van der Waals surface area contributed by atoms with Crippen LogP contribution >= 0.6 is 0 Å². The first-order valence-electron chi connectivity index (χ1n) is 6.15. The number of aromatic nitrogens is 2. The van der Waals surface area contributed by atoms with Crippen molar-refractivity contribution in [1.29, 1.82) is 0 Å². The van der Waals surface area contributed by atoms with E-state index in [1.807, 2.05) is 13.8 Å². The third-order valence-corrected chi connectivity index (χ3v) is 2.65. The van der Waals surface area contributed by atoms with Gasteiger partial charge in [-0.1, -0.05) is 13.8 Å². The summed E-state index contributed by atoms with van der Waals surface area (Å²) in [5.74, 6) is -0.735. The summed E-state index contributed by atoms with van der Waals surface area (Å²) in [6.07, 6.45) is 1.80. The van der Waals surface area contributed by atoms with Crippen molar-refractivity contribution in [2.45, 2.75) is 40.2 Å². The maximum Gasteiger partial charge on any atom is 0.326 e. The van der Waals surface area contributed by atoms with Crippen LogP contribution in [0.2, 0.25) is 0 Å². The summed E-state index contributed by atoms with van der Waals surface area (Å²) >= 11 is 0. The van der Waals surface area contributed by atoms with Gasteiger partial charge in [0.15, 0.2) is 0 Å². The zero-order chi connectivity index (χ0) is 14.6. The van der Waals surface area contributed by atoms with Crippen molar-refractivity contribution in [1.82, 2.24) is 15.3 Å². The Labute approximate surface area is 112 Å². The van der Waals surface area contributed by atoms with Crippen molar-refractivity contribution in [3.8, 4) is 0 Å². The van der Waals surface area contributed by atoms with Crippen molar-refractivity contribution in [3.05, 3.63) is 23.3 Å². The largest absolute Gasteiger partial charge is 0.480 e. The van der Waals surface area contributed by atoms with Crippen molar-refractivity contribution in [2.75, 3.05) is 0 Å². The van der Waals surface area contributed by atoms with Gasteiger partial charge in [0, 0.05) is 6.20 Å². The summed E-state index contributed by atoms with van der Waals surface area (Å²) in [5.41, 5.74) is 0.847. The molecule has 1 unspecified atom stereocenters. The Morgan fingerprint density at radius 2 is 2.00 bits per heavy atom. The number of carbonyl (C=O) groups excluding carboxylic acids is 1. The van der Waals surface area contributed by atoms with E-state index in [2.05, 4.69) is 15.3 Å². The van der Waals surface area contributed by atoms with Gasteiger partial charge in [-0.25, -0.2) is 14.8 Å². The molecule has 0 aliphatic rings. The zero-order valence-electron chi connectivity index (χ0n) is 11.6. The quantitative estimate of drug-likeness (QED) is 0.837. The number of carboxylic acids is 1. The van der Waals surface area contributed by atoms with Gasteiger partial charge < -0.3 is 10.4 Å². The van der Waals surface area contributed by atoms with Crippen LogP contribution in [0.15, 0.2) is 6.20 Å². The molecule has 104 valence electrons. The molecule has 0 bridgehead atoms. The fourth-order valence-electron chi connectivity index (χ4n) is 1.73. The van der Waals surface area contributed by atoms with E-state index in [9.17, 15) is 9.59 Å². The summed E-state index contributed by atoms with van der Waals surface area (Å²) < 4.78 is 0. The predicted molar refractivity (Wildman–Crippen MR) is 69.9 cm³/mol. The van der Waals surface area contributed by atoms with E-state index in [1.54, 1.807) is 13.8 Å². The zero-order valence-corrected chi connectivity index (χ0v) is 11.6. The molecule has 0 aromatic carbocycles. The maximum atomic E-state index is 12.0. The van der Waals surface area contributed by atoms with Crippen LogP contribution in [0.25, 0.3) is 0 Å². The lowest BCUT2D eigenvalue weighted by atomic mass is 10.0. The summed E-state index contributed by atoms with van der Waals surface area (Å²) in [5, 5.41) is 11.6. The number of carbonyl (C=O) groups is 2. The topological polar surface area (TPSA) is 92.2 Å². The minimum absolute atomic E-state index is 0.178. The summed E-state index contributed by atoms with van der Waals surface area (Å²) in [6.45, 7) is 7.24. The van der Waals surface area contributed by atoms with Crippen LogP contribution in [0, 0.1) is 19.8 Å². The second-order valence-corrected chi connectivity index (χ2v) is 4.91. The standard InChI is InChI=1S/C13H19N3O3/c1-7(2)5-11(13(18)19)16-12(17)10-6-14-9(4)15-8(10)3/h6-7,11H,5H2,1-4H3,(H,16,17)(H,18,19). The number of nitrogens with one attached hydrogen (secondary N) is 1. The van der Waals surface area contributed by atoms with Gasteiger partial charge in [0.1, 0.15) is 11.9 Å². The molecule has 1 aromatic heterocycles. The van der Waals surface area contributed by atoms with Crippen LogP contribution in [0.3, 0.4) is 0 Å². The smallest absolute Gasteiger partial charge is 0.326 e. The molecule has 0 aliphatic carbocycles. The van der Waals surface area contributed by atoms with E-state index in [-0.39, 0.29) is 5.92 Å². The highest BCUT2D eigenvalue weighted by Gasteiger charge is 2.22. The highest BCUT2D eigenvalue weighted by molar-refractivity contribution is 5.97. The molecule has 1 atom stereocenters. The lowest BCUT2D eigenvalue weighted by molar-refractivity contribution is -0.139. The third kappa shape index (κ3) is 4.31. The highest BCUT2D eigenvalue weighted by atomic mass is 16.4. The average molecular weight is 265 g/mol. The molecule has 0 radical (unpaired) electrons. The Balaban J connectivity index is 2.84. The SMILES string of the molecule is Cc1ncc(C(=O)NC(CC(C)C)C(=O)O)c(C)n1. The normalized spacial score (nSPS) is 12.3. The van der Waals surface area contributed by atoms with E-state index in [0.29, 0.717) is 23.5 Å². The van der Waals surface area contributed by atoms with Crippen molar-refractivity contribution in [2.24, 2.45) is 5.92 Å². The van der Waals surface area contributed by atoms with E-state index in [1.165, 1.54) is 6.20 Å². The Morgan fingerprint density at radius 3 is 2.47 bits per heavy atom. The number of rotatable bonds is 5.